The van der Waals surface area contributed by atoms with Crippen LogP contribution in [0.1, 0.15) is 24.8 Å². The average molecular weight is 531 g/mol. The average Bonchev–Trinajstić information content (AvgIpc) is 3.35. The van der Waals surface area contributed by atoms with Crippen molar-refractivity contribution in [3.63, 3.8) is 0 Å². The summed E-state index contributed by atoms with van der Waals surface area (Å²) >= 11 is 0. The van der Waals surface area contributed by atoms with Crippen LogP contribution in [0.4, 0.5) is 5.82 Å². The Balaban J connectivity index is 1.33. The monoisotopic (exact) mass is 530 g/mol. The molecular formula is C31H26N6O3. The fourth-order valence-electron chi connectivity index (χ4n) is 5.03. The first-order valence-electron chi connectivity index (χ1n) is 13.0. The van der Waals surface area contributed by atoms with Crippen LogP contribution in [0.3, 0.4) is 0 Å². The molecule has 40 heavy (non-hydrogen) atoms. The lowest BCUT2D eigenvalue weighted by Gasteiger charge is -2.19. The molecule has 0 unspecified atom stereocenters. The molecule has 0 atom stereocenters. The van der Waals surface area contributed by atoms with Crippen LogP contribution in [0.2, 0.25) is 0 Å². The number of imidazole rings is 1. The highest BCUT2D eigenvalue weighted by atomic mass is 16.2. The second-order valence-electron chi connectivity index (χ2n) is 9.86. The number of hydrogen-bond acceptors (Lipinski definition) is 7. The number of aromatic nitrogens is 4. The van der Waals surface area contributed by atoms with Crippen LogP contribution in [0.15, 0.2) is 85.1 Å². The minimum atomic E-state index is -0.595. The van der Waals surface area contributed by atoms with E-state index in [9.17, 15) is 14.4 Å². The van der Waals surface area contributed by atoms with Gasteiger partial charge in [0.1, 0.15) is 22.9 Å². The maximum Gasteiger partial charge on any atom is 0.224 e. The fourth-order valence-corrected chi connectivity index (χ4v) is 5.03. The molecule has 3 N–H and O–H groups in total. The number of benzene rings is 2. The van der Waals surface area contributed by atoms with Gasteiger partial charge in [-0.2, -0.15) is 0 Å². The molecule has 3 heterocycles. The Labute approximate surface area is 230 Å². The Kier molecular flexibility index (Phi) is 6.61. The van der Waals surface area contributed by atoms with Gasteiger partial charge in [-0.25, -0.2) is 15.0 Å². The molecule has 6 rings (SSSR count). The Bertz CT molecular complexity index is 1730. The minimum Gasteiger partial charge on any atom is -0.383 e. The van der Waals surface area contributed by atoms with E-state index in [0.29, 0.717) is 28.4 Å². The van der Waals surface area contributed by atoms with Crippen LogP contribution in [0.5, 0.6) is 0 Å². The van der Waals surface area contributed by atoms with Crippen molar-refractivity contribution in [2.24, 2.45) is 5.92 Å². The van der Waals surface area contributed by atoms with E-state index in [0.717, 1.165) is 22.5 Å². The first kappa shape index (κ1) is 25.1. The maximum atomic E-state index is 12.6. The molecule has 1 amide bonds. The summed E-state index contributed by atoms with van der Waals surface area (Å²) in [5.74, 6) is -0.252. The highest BCUT2D eigenvalue weighted by molar-refractivity contribution is 6.05. The van der Waals surface area contributed by atoms with E-state index in [-0.39, 0.29) is 43.3 Å². The zero-order valence-corrected chi connectivity index (χ0v) is 21.6. The highest BCUT2D eigenvalue weighted by Gasteiger charge is 2.30. The number of pyridine rings is 2. The lowest BCUT2D eigenvalue weighted by atomic mass is 9.87. The zero-order valence-electron chi connectivity index (χ0n) is 21.6. The molecular weight excluding hydrogens is 504 g/mol. The number of amides is 1. The Hall–Kier alpha value is -5.18. The first-order valence-corrected chi connectivity index (χ1v) is 13.0. The van der Waals surface area contributed by atoms with E-state index < -0.39 is 5.92 Å². The molecule has 0 saturated heterocycles. The molecule has 0 spiro atoms. The molecule has 0 radical (unpaired) electrons. The Morgan fingerprint density at radius 2 is 1.65 bits per heavy atom. The summed E-state index contributed by atoms with van der Waals surface area (Å²) in [4.78, 5) is 50.1. The number of nitrogen functional groups attached to an aromatic ring is 1. The number of rotatable bonds is 6. The van der Waals surface area contributed by atoms with Gasteiger partial charge in [-0.1, -0.05) is 42.5 Å². The molecule has 1 aliphatic rings. The quantitative estimate of drug-likeness (QED) is 0.313. The van der Waals surface area contributed by atoms with Crippen molar-refractivity contribution in [1.29, 1.82) is 0 Å². The lowest BCUT2D eigenvalue weighted by molar-refractivity contribution is -0.138. The van der Waals surface area contributed by atoms with Gasteiger partial charge < -0.3 is 11.1 Å². The molecule has 0 bridgehead atoms. The van der Waals surface area contributed by atoms with Gasteiger partial charge in [-0.05, 0) is 42.0 Å². The topological polar surface area (TPSA) is 133 Å². The van der Waals surface area contributed by atoms with Gasteiger partial charge in [-0.3, -0.25) is 19.0 Å². The highest BCUT2D eigenvalue weighted by Crippen LogP contribution is 2.31. The van der Waals surface area contributed by atoms with Gasteiger partial charge in [-0.15, -0.1) is 0 Å². The number of ketones is 2. The van der Waals surface area contributed by atoms with Gasteiger partial charge in [0.05, 0.1) is 23.6 Å². The number of nitrogens with two attached hydrogens (primary N) is 1. The van der Waals surface area contributed by atoms with Crippen LogP contribution < -0.4 is 11.1 Å². The number of carbonyl (C=O) groups is 3. The van der Waals surface area contributed by atoms with Crippen molar-refractivity contribution in [2.45, 2.75) is 25.8 Å². The van der Waals surface area contributed by atoms with E-state index in [1.165, 1.54) is 0 Å². The van der Waals surface area contributed by atoms with Crippen LogP contribution in [0, 0.1) is 5.92 Å². The molecule has 198 valence electrons. The van der Waals surface area contributed by atoms with E-state index in [1.807, 2.05) is 83.4 Å². The molecule has 9 nitrogen and oxygen atoms in total. The standard InChI is InChI=1S/C31H26N6O3/c32-28-25(7-4-14-33-28)29-36-27-13-12-26(20-5-2-1-3-6-20)35-30(27)37(29)22-10-8-19(9-11-22)18-34-31(40)21-15-23(38)17-24(39)16-21/h1-14,21H,15-18H2,(H2,32,33)(H,34,40). The Morgan fingerprint density at radius 1 is 0.900 bits per heavy atom. The molecule has 0 aliphatic heterocycles. The molecule has 9 heteroatoms. The third-order valence-corrected chi connectivity index (χ3v) is 7.03. The summed E-state index contributed by atoms with van der Waals surface area (Å²) in [5.41, 5.74) is 11.8. The summed E-state index contributed by atoms with van der Waals surface area (Å²) < 4.78 is 1.96. The van der Waals surface area contributed by atoms with Gasteiger partial charge in [0.25, 0.3) is 0 Å². The molecule has 1 fully saturated rings. The summed E-state index contributed by atoms with van der Waals surface area (Å²) in [5, 5.41) is 2.86. The number of anilines is 1. The third-order valence-electron chi connectivity index (χ3n) is 7.03. The number of hydrogen-bond donors (Lipinski definition) is 2. The van der Waals surface area contributed by atoms with Gasteiger partial charge in [0, 0.05) is 36.8 Å². The largest absolute Gasteiger partial charge is 0.383 e. The van der Waals surface area contributed by atoms with Gasteiger partial charge >= 0.3 is 0 Å². The molecule has 5 aromatic rings. The van der Waals surface area contributed by atoms with Crippen LogP contribution in [-0.2, 0) is 20.9 Å². The number of nitrogens with zero attached hydrogens (tertiary/aromatic N) is 4. The smallest absolute Gasteiger partial charge is 0.224 e. The number of nitrogens with one attached hydrogen (secondary N) is 1. The lowest BCUT2D eigenvalue weighted by Crippen LogP contribution is -2.36. The molecule has 1 saturated carbocycles. The van der Waals surface area contributed by atoms with Crippen molar-refractivity contribution >= 4 is 34.5 Å². The van der Waals surface area contributed by atoms with Crippen molar-refractivity contribution < 1.29 is 14.4 Å². The number of fused-ring (bicyclic) bond motifs is 1. The van der Waals surface area contributed by atoms with E-state index in [2.05, 4.69) is 10.3 Å². The SMILES string of the molecule is Nc1ncccc1-c1nc2ccc(-c3ccccc3)nc2n1-c1ccc(CNC(=O)C2CC(=O)CC(=O)C2)cc1. The van der Waals surface area contributed by atoms with Crippen molar-refractivity contribution in [2.75, 3.05) is 5.73 Å². The first-order chi connectivity index (χ1) is 19.5. The second-order valence-corrected chi connectivity index (χ2v) is 9.86. The summed E-state index contributed by atoms with van der Waals surface area (Å²) in [6.07, 6.45) is 1.80. The second kappa shape index (κ2) is 10.5. The van der Waals surface area contributed by atoms with Crippen molar-refractivity contribution in [1.82, 2.24) is 24.8 Å². The van der Waals surface area contributed by atoms with E-state index in [4.69, 9.17) is 15.7 Å². The molecule has 3 aromatic heterocycles. The van der Waals surface area contributed by atoms with Crippen LogP contribution in [-0.4, -0.2) is 37.0 Å². The summed E-state index contributed by atoms with van der Waals surface area (Å²) in [7, 11) is 0. The van der Waals surface area contributed by atoms with Crippen LogP contribution >= 0.6 is 0 Å². The van der Waals surface area contributed by atoms with Crippen molar-refractivity contribution in [3.8, 4) is 28.3 Å². The van der Waals surface area contributed by atoms with E-state index >= 15 is 0 Å². The minimum absolute atomic E-state index is 0.0669. The predicted octanol–water partition coefficient (Wildman–Crippen LogP) is 4.29. The van der Waals surface area contributed by atoms with E-state index in [1.54, 1.807) is 6.20 Å². The van der Waals surface area contributed by atoms with Gasteiger partial charge in [0.15, 0.2) is 11.5 Å². The summed E-state index contributed by atoms with van der Waals surface area (Å²) in [6, 6.07) is 25.2. The summed E-state index contributed by atoms with van der Waals surface area (Å²) in [6.45, 7) is 0.279. The molecule has 1 aliphatic carbocycles. The van der Waals surface area contributed by atoms with Crippen molar-refractivity contribution in [3.05, 3.63) is 90.6 Å². The fraction of sp³-hybridized carbons (Fsp3) is 0.161. The van der Waals surface area contributed by atoms with Crippen LogP contribution in [0.25, 0.3) is 39.5 Å². The maximum absolute atomic E-state index is 12.6. The van der Waals surface area contributed by atoms with Gasteiger partial charge in [0.2, 0.25) is 5.91 Å². The third kappa shape index (κ3) is 4.96. The predicted molar refractivity (Wildman–Crippen MR) is 151 cm³/mol. The number of carbonyl (C=O) groups excluding carboxylic acids is 3. The normalized spacial score (nSPS) is 14.0. The molecule has 2 aromatic carbocycles. The Morgan fingerprint density at radius 3 is 2.38 bits per heavy atom. The number of Topliss-reactive ketones (excluding diaryl/α,β-unsaturated/α-hetero) is 2. The zero-order chi connectivity index (χ0) is 27.6.